The van der Waals surface area contributed by atoms with Gasteiger partial charge in [-0.3, -0.25) is 0 Å². The van der Waals surface area contributed by atoms with Gasteiger partial charge < -0.3 is 16.6 Å². The standard InChI is InChI=1S/C3H10N2O.4ClH/c4-2-1-3(5)6;;;;/h3,6H,1-2,4-5H2;4*1H. The van der Waals surface area contributed by atoms with Gasteiger partial charge in [0.2, 0.25) is 0 Å². The molecule has 0 aliphatic carbocycles. The van der Waals surface area contributed by atoms with Crippen LogP contribution in [0.15, 0.2) is 0 Å². The van der Waals surface area contributed by atoms with Gasteiger partial charge in [0.15, 0.2) is 0 Å². The molecule has 0 amide bonds. The van der Waals surface area contributed by atoms with Gasteiger partial charge in [0, 0.05) is 0 Å². The Balaban J connectivity index is -0.0000000208. The second-order valence-corrected chi connectivity index (χ2v) is 1.14. The van der Waals surface area contributed by atoms with Crippen molar-refractivity contribution < 1.29 is 5.11 Å². The van der Waals surface area contributed by atoms with Gasteiger partial charge in [-0.05, 0) is 13.0 Å². The first-order valence-electron chi connectivity index (χ1n) is 1.91. The SMILES string of the molecule is Cl.Cl.Cl.Cl.NCCC(N)O. The van der Waals surface area contributed by atoms with Crippen LogP contribution in [0, 0.1) is 0 Å². The molecule has 0 fully saturated rings. The Morgan fingerprint density at radius 1 is 1.10 bits per heavy atom. The number of aliphatic hydroxyl groups excluding tert-OH is 1. The molecular formula is C3H14Cl4N2O. The molecule has 0 radical (unpaired) electrons. The highest BCUT2D eigenvalue weighted by molar-refractivity contribution is 5.86. The number of hydrogen-bond donors (Lipinski definition) is 3. The lowest BCUT2D eigenvalue weighted by Crippen LogP contribution is -2.22. The van der Waals surface area contributed by atoms with Crippen LogP contribution in [-0.2, 0) is 0 Å². The van der Waals surface area contributed by atoms with Gasteiger partial charge in [-0.1, -0.05) is 0 Å². The van der Waals surface area contributed by atoms with Crippen molar-refractivity contribution in [2.45, 2.75) is 12.6 Å². The summed E-state index contributed by atoms with van der Waals surface area (Å²) in [4.78, 5) is 0. The minimum Gasteiger partial charge on any atom is -0.379 e. The Morgan fingerprint density at radius 3 is 1.40 bits per heavy atom. The van der Waals surface area contributed by atoms with Gasteiger partial charge in [0.1, 0.15) is 6.23 Å². The number of aliphatic hydroxyl groups is 1. The smallest absolute Gasteiger partial charge is 0.103 e. The summed E-state index contributed by atoms with van der Waals surface area (Å²) in [6.45, 7) is 0.456. The van der Waals surface area contributed by atoms with Gasteiger partial charge >= 0.3 is 0 Å². The maximum absolute atomic E-state index is 8.25. The predicted molar refractivity (Wildman–Crippen MR) is 52.9 cm³/mol. The molecule has 0 bridgehead atoms. The number of nitrogens with two attached hydrogens (primary N) is 2. The lowest BCUT2D eigenvalue weighted by molar-refractivity contribution is 0.175. The zero-order chi connectivity index (χ0) is 4.99. The Labute approximate surface area is 85.6 Å². The molecule has 1 atom stereocenters. The number of hydrogen-bond acceptors (Lipinski definition) is 3. The molecular weight excluding hydrogens is 222 g/mol. The van der Waals surface area contributed by atoms with Crippen molar-refractivity contribution >= 4 is 49.6 Å². The van der Waals surface area contributed by atoms with Crippen LogP contribution in [0.2, 0.25) is 0 Å². The average molecular weight is 236 g/mol. The molecule has 10 heavy (non-hydrogen) atoms. The van der Waals surface area contributed by atoms with Crippen LogP contribution in [0.4, 0.5) is 0 Å². The van der Waals surface area contributed by atoms with Gasteiger partial charge in [-0.2, -0.15) is 0 Å². The summed E-state index contributed by atoms with van der Waals surface area (Å²) in [5, 5.41) is 8.25. The van der Waals surface area contributed by atoms with Gasteiger partial charge in [0.05, 0.1) is 0 Å². The summed E-state index contributed by atoms with van der Waals surface area (Å²) >= 11 is 0. The first-order chi connectivity index (χ1) is 2.77. The van der Waals surface area contributed by atoms with E-state index >= 15 is 0 Å². The largest absolute Gasteiger partial charge is 0.379 e. The maximum atomic E-state index is 8.25. The van der Waals surface area contributed by atoms with Crippen molar-refractivity contribution in [3.8, 4) is 0 Å². The van der Waals surface area contributed by atoms with E-state index < -0.39 is 6.23 Å². The molecule has 5 N–H and O–H groups in total. The lowest BCUT2D eigenvalue weighted by Gasteiger charge is -1.96. The van der Waals surface area contributed by atoms with E-state index in [-0.39, 0.29) is 49.6 Å². The Bertz CT molecular complexity index is 39.7. The van der Waals surface area contributed by atoms with Crippen LogP contribution in [0.25, 0.3) is 0 Å². The predicted octanol–water partition coefficient (Wildman–Crippen LogP) is 0.300. The molecule has 0 heterocycles. The molecule has 1 unspecified atom stereocenters. The van der Waals surface area contributed by atoms with E-state index in [1.54, 1.807) is 0 Å². The molecule has 0 aliphatic rings. The molecule has 0 aromatic heterocycles. The second-order valence-electron chi connectivity index (χ2n) is 1.14. The van der Waals surface area contributed by atoms with Crippen LogP contribution in [0.3, 0.4) is 0 Å². The zero-order valence-corrected chi connectivity index (χ0v) is 8.49. The molecule has 0 rings (SSSR count). The molecule has 70 valence electrons. The zero-order valence-electron chi connectivity index (χ0n) is 5.23. The average Bonchev–Trinajstić information content (AvgIpc) is 1.35. The van der Waals surface area contributed by atoms with Crippen molar-refractivity contribution in [1.82, 2.24) is 0 Å². The van der Waals surface area contributed by atoms with E-state index in [9.17, 15) is 0 Å². The molecule has 0 spiro atoms. The molecule has 0 aliphatic heterocycles. The molecule has 0 aromatic carbocycles. The third kappa shape index (κ3) is 35.8. The van der Waals surface area contributed by atoms with Crippen molar-refractivity contribution in [1.29, 1.82) is 0 Å². The fourth-order valence-corrected chi connectivity index (χ4v) is 0.171. The topological polar surface area (TPSA) is 72.3 Å². The van der Waals surface area contributed by atoms with Gasteiger partial charge in [-0.15, -0.1) is 49.6 Å². The van der Waals surface area contributed by atoms with E-state index in [1.165, 1.54) is 0 Å². The summed E-state index contributed by atoms with van der Waals surface area (Å²) in [5.74, 6) is 0. The van der Waals surface area contributed by atoms with Crippen LogP contribution in [-0.4, -0.2) is 17.9 Å². The fraction of sp³-hybridized carbons (Fsp3) is 1.00. The first kappa shape index (κ1) is 30.5. The first-order valence-corrected chi connectivity index (χ1v) is 1.91. The lowest BCUT2D eigenvalue weighted by atomic mass is 10.4. The molecule has 7 heteroatoms. The van der Waals surface area contributed by atoms with Crippen LogP contribution in [0.1, 0.15) is 6.42 Å². The minimum absolute atomic E-state index is 0. The van der Waals surface area contributed by atoms with Crippen molar-refractivity contribution in [3.63, 3.8) is 0 Å². The highest BCUT2D eigenvalue weighted by atomic mass is 35.5. The van der Waals surface area contributed by atoms with Crippen LogP contribution < -0.4 is 11.5 Å². The monoisotopic (exact) mass is 234 g/mol. The number of rotatable bonds is 2. The van der Waals surface area contributed by atoms with Crippen molar-refractivity contribution in [3.05, 3.63) is 0 Å². The van der Waals surface area contributed by atoms with Crippen molar-refractivity contribution in [2.75, 3.05) is 6.54 Å². The van der Waals surface area contributed by atoms with Gasteiger partial charge in [-0.25, -0.2) is 0 Å². The minimum atomic E-state index is -0.727. The summed E-state index contributed by atoms with van der Waals surface area (Å²) in [5.41, 5.74) is 9.87. The summed E-state index contributed by atoms with van der Waals surface area (Å²) in [7, 11) is 0. The van der Waals surface area contributed by atoms with Gasteiger partial charge in [0.25, 0.3) is 0 Å². The summed E-state index contributed by atoms with van der Waals surface area (Å²) in [6, 6.07) is 0. The van der Waals surface area contributed by atoms with E-state index in [0.717, 1.165) is 0 Å². The Hall–Kier alpha value is 1.04. The quantitative estimate of drug-likeness (QED) is 0.603. The van der Waals surface area contributed by atoms with E-state index in [0.29, 0.717) is 13.0 Å². The molecule has 0 aromatic rings. The normalized spacial score (nSPS) is 8.70. The van der Waals surface area contributed by atoms with E-state index in [1.807, 2.05) is 0 Å². The maximum Gasteiger partial charge on any atom is 0.103 e. The highest BCUT2D eigenvalue weighted by Crippen LogP contribution is 1.72. The third-order valence-electron chi connectivity index (χ3n) is 0.462. The van der Waals surface area contributed by atoms with Crippen LogP contribution in [0.5, 0.6) is 0 Å². The molecule has 0 saturated heterocycles. The molecule has 0 saturated carbocycles. The van der Waals surface area contributed by atoms with E-state index in [2.05, 4.69) is 0 Å². The highest BCUT2D eigenvalue weighted by Gasteiger charge is 1.87. The number of halogens is 4. The van der Waals surface area contributed by atoms with E-state index in [4.69, 9.17) is 16.6 Å². The molecule has 3 nitrogen and oxygen atoms in total. The summed E-state index contributed by atoms with van der Waals surface area (Å²) < 4.78 is 0. The summed E-state index contributed by atoms with van der Waals surface area (Å²) in [6.07, 6.45) is -0.241. The Kier molecular flexibility index (Phi) is 68.6. The fourth-order valence-electron chi connectivity index (χ4n) is 0.171. The second kappa shape index (κ2) is 22.5. The van der Waals surface area contributed by atoms with Crippen molar-refractivity contribution in [2.24, 2.45) is 11.5 Å². The Morgan fingerprint density at radius 2 is 1.40 bits per heavy atom. The third-order valence-corrected chi connectivity index (χ3v) is 0.462. The van der Waals surface area contributed by atoms with Crippen LogP contribution >= 0.6 is 49.6 Å².